The van der Waals surface area contributed by atoms with Crippen molar-refractivity contribution >= 4 is 30.1 Å². The predicted molar refractivity (Wildman–Crippen MR) is 110 cm³/mol. The van der Waals surface area contributed by atoms with Crippen LogP contribution in [0.25, 0.3) is 5.57 Å². The lowest BCUT2D eigenvalue weighted by atomic mass is 9.84. The number of allylic oxidation sites excluding steroid dienone is 3. The molecule has 0 atom stereocenters. The Labute approximate surface area is 159 Å². The fraction of sp³-hybridized carbons (Fsp3) is 0.350. The fourth-order valence-corrected chi connectivity index (χ4v) is 3.97. The molecule has 1 aromatic carbocycles. The van der Waals surface area contributed by atoms with Gasteiger partial charge in [0.1, 0.15) is 0 Å². The van der Waals surface area contributed by atoms with Gasteiger partial charge in [-0.25, -0.2) is 4.31 Å². The summed E-state index contributed by atoms with van der Waals surface area (Å²) in [5, 5.41) is 5.71. The molecule has 138 valence electrons. The molecule has 26 heavy (non-hydrogen) atoms. The lowest BCUT2D eigenvalue weighted by Crippen LogP contribution is -2.28. The maximum Gasteiger partial charge on any atom is 0.162 e. The molecule has 0 aromatic heterocycles. The zero-order valence-electron chi connectivity index (χ0n) is 15.4. The molecule has 1 aliphatic heterocycles. The zero-order chi connectivity index (χ0) is 18.7. The third-order valence-corrected chi connectivity index (χ3v) is 5.64. The molecule has 1 aromatic rings. The Morgan fingerprint density at radius 2 is 1.92 bits per heavy atom. The lowest BCUT2D eigenvalue weighted by molar-refractivity contribution is 0.355. The van der Waals surface area contributed by atoms with Crippen LogP contribution in [-0.2, 0) is 0 Å². The molecule has 2 N–H and O–H groups in total. The summed E-state index contributed by atoms with van der Waals surface area (Å²) >= 11 is 1.33. The van der Waals surface area contributed by atoms with E-state index in [0.717, 1.165) is 49.2 Å². The Bertz CT molecular complexity index is 798. The van der Waals surface area contributed by atoms with Crippen molar-refractivity contribution in [2.75, 3.05) is 27.3 Å². The van der Waals surface area contributed by atoms with Crippen molar-refractivity contribution in [2.24, 2.45) is 10.1 Å². The highest BCUT2D eigenvalue weighted by molar-refractivity contribution is 7.94. The molecule has 0 unspecified atom stereocenters. The Morgan fingerprint density at radius 3 is 2.58 bits per heavy atom. The highest BCUT2D eigenvalue weighted by Gasteiger charge is 2.23. The fourth-order valence-electron chi connectivity index (χ4n) is 3.54. The molecule has 1 heterocycles. The standard InChI is InChI=1S/C20H25N3O2S/c1-13(17-10-19(24-3)20(25-4)11-18(17)22-2)14-5-6-16-12-23(26-21)8-7-15(16)9-14/h9-11H,1-2,5-8,12,21H2,3-4H3. The van der Waals surface area contributed by atoms with Crippen LogP contribution in [0.2, 0.25) is 0 Å². The molecule has 6 heteroatoms. The molecule has 0 amide bonds. The summed E-state index contributed by atoms with van der Waals surface area (Å²) in [5.74, 6) is 1.31. The van der Waals surface area contributed by atoms with Crippen LogP contribution in [0, 0.1) is 0 Å². The van der Waals surface area contributed by atoms with Gasteiger partial charge in [0.25, 0.3) is 0 Å². The summed E-state index contributed by atoms with van der Waals surface area (Å²) in [6.07, 6.45) is 5.32. The third kappa shape index (κ3) is 3.58. The molecule has 5 nitrogen and oxygen atoms in total. The van der Waals surface area contributed by atoms with E-state index in [9.17, 15) is 0 Å². The molecule has 2 aliphatic rings. The molecule has 1 aliphatic carbocycles. The summed E-state index contributed by atoms with van der Waals surface area (Å²) in [5.41, 5.74) is 6.81. The molecule has 0 saturated carbocycles. The van der Waals surface area contributed by atoms with E-state index < -0.39 is 0 Å². The van der Waals surface area contributed by atoms with Crippen molar-refractivity contribution < 1.29 is 9.47 Å². The van der Waals surface area contributed by atoms with E-state index in [-0.39, 0.29) is 0 Å². The molecule has 0 bridgehead atoms. The SMILES string of the molecule is C=Nc1cc(OC)c(OC)cc1C(=C)C1=CC2=C(CC1)CN(SN)CC2. The maximum atomic E-state index is 5.71. The Kier molecular flexibility index (Phi) is 5.86. The Hall–Kier alpha value is -2.02. The van der Waals surface area contributed by atoms with Crippen molar-refractivity contribution in [2.45, 2.75) is 19.3 Å². The van der Waals surface area contributed by atoms with Gasteiger partial charge in [0, 0.05) is 36.9 Å². The largest absolute Gasteiger partial charge is 0.493 e. The van der Waals surface area contributed by atoms with E-state index in [1.54, 1.807) is 14.2 Å². The van der Waals surface area contributed by atoms with Crippen molar-refractivity contribution in [3.05, 3.63) is 47.1 Å². The van der Waals surface area contributed by atoms with Gasteiger partial charge in [0.05, 0.1) is 19.9 Å². The van der Waals surface area contributed by atoms with Crippen LogP contribution in [-0.4, -0.2) is 38.3 Å². The molecule has 0 radical (unpaired) electrons. The van der Waals surface area contributed by atoms with Crippen molar-refractivity contribution in [3.8, 4) is 11.5 Å². The third-order valence-electron chi connectivity index (χ3n) is 5.03. The van der Waals surface area contributed by atoms with Crippen LogP contribution in [0.3, 0.4) is 0 Å². The van der Waals surface area contributed by atoms with Gasteiger partial charge in [-0.2, -0.15) is 0 Å². The van der Waals surface area contributed by atoms with Crippen LogP contribution in [0.4, 0.5) is 5.69 Å². The van der Waals surface area contributed by atoms with Crippen LogP contribution in [0.1, 0.15) is 24.8 Å². The minimum absolute atomic E-state index is 0.640. The Morgan fingerprint density at radius 1 is 1.19 bits per heavy atom. The Balaban J connectivity index is 1.94. The van der Waals surface area contributed by atoms with E-state index in [1.807, 2.05) is 12.1 Å². The van der Waals surface area contributed by atoms with E-state index >= 15 is 0 Å². The number of methoxy groups -OCH3 is 2. The van der Waals surface area contributed by atoms with Gasteiger partial charge in [0.15, 0.2) is 11.5 Å². The maximum absolute atomic E-state index is 5.71. The number of hydrogen-bond acceptors (Lipinski definition) is 6. The van der Waals surface area contributed by atoms with Gasteiger partial charge in [-0.1, -0.05) is 18.2 Å². The zero-order valence-corrected chi connectivity index (χ0v) is 16.2. The first kappa shape index (κ1) is 18.8. The van der Waals surface area contributed by atoms with Crippen LogP contribution < -0.4 is 14.6 Å². The van der Waals surface area contributed by atoms with Crippen LogP contribution in [0.5, 0.6) is 11.5 Å². The average molecular weight is 372 g/mol. The van der Waals surface area contributed by atoms with E-state index in [1.165, 1.54) is 28.9 Å². The quantitative estimate of drug-likeness (QED) is 0.597. The minimum Gasteiger partial charge on any atom is -0.493 e. The van der Waals surface area contributed by atoms with Gasteiger partial charge in [0.2, 0.25) is 0 Å². The number of rotatable bonds is 6. The summed E-state index contributed by atoms with van der Waals surface area (Å²) in [4.78, 5) is 4.16. The molecule has 0 saturated heterocycles. The van der Waals surface area contributed by atoms with Crippen molar-refractivity contribution in [1.82, 2.24) is 4.31 Å². The summed E-state index contributed by atoms with van der Waals surface area (Å²) < 4.78 is 13.0. The minimum atomic E-state index is 0.640. The number of nitrogens with zero attached hydrogens (tertiary/aromatic N) is 2. The first-order valence-electron chi connectivity index (χ1n) is 8.57. The van der Waals surface area contributed by atoms with Gasteiger partial charge in [-0.05, 0) is 48.8 Å². The van der Waals surface area contributed by atoms with E-state index in [2.05, 4.69) is 28.7 Å². The smallest absolute Gasteiger partial charge is 0.162 e. The number of ether oxygens (including phenoxy) is 2. The van der Waals surface area contributed by atoms with E-state index in [0.29, 0.717) is 11.5 Å². The van der Waals surface area contributed by atoms with Crippen LogP contribution >= 0.6 is 12.1 Å². The summed E-state index contributed by atoms with van der Waals surface area (Å²) in [7, 11) is 3.24. The van der Waals surface area contributed by atoms with Crippen molar-refractivity contribution in [3.63, 3.8) is 0 Å². The lowest BCUT2D eigenvalue weighted by Gasteiger charge is -2.31. The number of hydrogen-bond donors (Lipinski definition) is 1. The van der Waals surface area contributed by atoms with E-state index in [4.69, 9.17) is 14.6 Å². The predicted octanol–water partition coefficient (Wildman–Crippen LogP) is 4.29. The summed E-state index contributed by atoms with van der Waals surface area (Å²) in [6, 6.07) is 3.78. The highest BCUT2D eigenvalue weighted by atomic mass is 32.2. The normalized spacial score (nSPS) is 17.4. The molecular weight excluding hydrogens is 346 g/mol. The second-order valence-electron chi connectivity index (χ2n) is 6.38. The molecular formula is C20H25N3O2S. The second-order valence-corrected chi connectivity index (χ2v) is 7.11. The first-order chi connectivity index (χ1) is 12.6. The number of nitrogens with two attached hydrogens (primary N) is 1. The van der Waals surface area contributed by atoms with Gasteiger partial charge in [-0.3, -0.25) is 10.1 Å². The van der Waals surface area contributed by atoms with Gasteiger partial charge in [-0.15, -0.1) is 0 Å². The average Bonchev–Trinajstić information content (AvgIpc) is 2.71. The first-order valence-corrected chi connectivity index (χ1v) is 9.40. The summed E-state index contributed by atoms with van der Waals surface area (Å²) in [6.45, 7) is 9.97. The van der Waals surface area contributed by atoms with Crippen LogP contribution in [0.15, 0.2) is 46.5 Å². The van der Waals surface area contributed by atoms with Gasteiger partial charge >= 0.3 is 0 Å². The molecule has 3 rings (SSSR count). The molecule has 0 fully saturated rings. The number of aliphatic imine (C=N–C) groups is 1. The van der Waals surface area contributed by atoms with Crippen molar-refractivity contribution in [1.29, 1.82) is 0 Å². The van der Waals surface area contributed by atoms with Gasteiger partial charge < -0.3 is 9.47 Å². The number of benzene rings is 1. The highest BCUT2D eigenvalue weighted by Crippen LogP contribution is 2.42. The topological polar surface area (TPSA) is 60.1 Å². The molecule has 0 spiro atoms. The monoisotopic (exact) mass is 371 g/mol. The second kappa shape index (κ2) is 8.12.